The first kappa shape index (κ1) is 17.8. The first-order valence-electron chi connectivity index (χ1n) is 8.06. The highest BCUT2D eigenvalue weighted by Crippen LogP contribution is 2.32. The Balaban J connectivity index is 1.79. The highest BCUT2D eigenvalue weighted by molar-refractivity contribution is 6.03. The third kappa shape index (κ3) is 3.10. The number of amides is 1. The number of carbonyl (C=O) groups is 1. The Morgan fingerprint density at radius 2 is 2.04 bits per heavy atom. The summed E-state index contributed by atoms with van der Waals surface area (Å²) < 4.78 is 47.8. The zero-order valence-corrected chi connectivity index (χ0v) is 14.7. The van der Waals surface area contributed by atoms with Crippen LogP contribution >= 0.6 is 0 Å². The summed E-state index contributed by atoms with van der Waals surface area (Å²) in [6.45, 7) is 1.69. The van der Waals surface area contributed by atoms with E-state index < -0.39 is 17.8 Å². The van der Waals surface area contributed by atoms with E-state index >= 15 is 0 Å². The van der Waals surface area contributed by atoms with Crippen molar-refractivity contribution in [1.82, 2.24) is 24.4 Å². The van der Waals surface area contributed by atoms with Gasteiger partial charge in [0.15, 0.2) is 22.8 Å². The molecular formula is C17H13F3N6O2. The molecule has 144 valence electrons. The molecule has 1 N–H and O–H groups in total. The summed E-state index contributed by atoms with van der Waals surface area (Å²) in [7, 11) is 1.68. The van der Waals surface area contributed by atoms with Crippen LogP contribution in [0.3, 0.4) is 0 Å². The van der Waals surface area contributed by atoms with Crippen LogP contribution in [0.15, 0.2) is 41.1 Å². The number of aromatic nitrogens is 5. The standard InChI is InChI=1S/C17H13F3N6O2/c1-9-12(8-25(2)23-9)22-16(27)11-7-15-21-10(13-4-3-5-28-13)6-14(17(18,19)20)26(15)24-11/h3-8H,1-2H3,(H,22,27). The number of furan rings is 1. The van der Waals surface area contributed by atoms with Gasteiger partial charge in [-0.1, -0.05) is 0 Å². The van der Waals surface area contributed by atoms with Gasteiger partial charge in [0.1, 0.15) is 5.69 Å². The Bertz CT molecular complexity index is 1170. The molecular weight excluding hydrogens is 377 g/mol. The number of hydrogen-bond acceptors (Lipinski definition) is 5. The second kappa shape index (κ2) is 6.22. The molecule has 0 aliphatic carbocycles. The number of nitrogens with one attached hydrogen (secondary N) is 1. The summed E-state index contributed by atoms with van der Waals surface area (Å²) in [6.07, 6.45) is -1.79. The van der Waals surface area contributed by atoms with Gasteiger partial charge in [-0.05, 0) is 25.1 Å². The zero-order valence-electron chi connectivity index (χ0n) is 14.7. The van der Waals surface area contributed by atoms with Crippen molar-refractivity contribution in [3.63, 3.8) is 0 Å². The van der Waals surface area contributed by atoms with Crippen LogP contribution in [-0.2, 0) is 13.2 Å². The lowest BCUT2D eigenvalue weighted by Crippen LogP contribution is -2.15. The minimum atomic E-state index is -4.71. The lowest BCUT2D eigenvalue weighted by atomic mass is 10.2. The van der Waals surface area contributed by atoms with Crippen molar-refractivity contribution >= 4 is 17.2 Å². The fraction of sp³-hybridized carbons (Fsp3) is 0.176. The van der Waals surface area contributed by atoms with Crippen molar-refractivity contribution in [3.8, 4) is 11.5 Å². The predicted molar refractivity (Wildman–Crippen MR) is 91.6 cm³/mol. The highest BCUT2D eigenvalue weighted by atomic mass is 19.4. The van der Waals surface area contributed by atoms with Gasteiger partial charge in [-0.2, -0.15) is 23.4 Å². The third-order valence-corrected chi connectivity index (χ3v) is 3.99. The first-order valence-corrected chi connectivity index (χ1v) is 8.06. The van der Waals surface area contributed by atoms with Gasteiger partial charge in [0.2, 0.25) is 0 Å². The molecule has 4 rings (SSSR count). The maximum atomic E-state index is 13.5. The number of aryl methyl sites for hydroxylation is 2. The van der Waals surface area contributed by atoms with Gasteiger partial charge >= 0.3 is 6.18 Å². The Kier molecular flexibility index (Phi) is 3.95. The molecule has 28 heavy (non-hydrogen) atoms. The fourth-order valence-electron chi connectivity index (χ4n) is 2.75. The van der Waals surface area contributed by atoms with E-state index in [2.05, 4.69) is 20.5 Å². The predicted octanol–water partition coefficient (Wildman–Crippen LogP) is 3.30. The van der Waals surface area contributed by atoms with Crippen LogP contribution in [0.4, 0.5) is 18.9 Å². The number of alkyl halides is 3. The third-order valence-electron chi connectivity index (χ3n) is 3.99. The molecule has 8 nitrogen and oxygen atoms in total. The number of anilines is 1. The summed E-state index contributed by atoms with van der Waals surface area (Å²) in [4.78, 5) is 16.6. The molecule has 0 aromatic carbocycles. The number of carbonyl (C=O) groups excluding carboxylic acids is 1. The molecule has 0 aliphatic heterocycles. The molecule has 0 unspecified atom stereocenters. The summed E-state index contributed by atoms with van der Waals surface area (Å²) in [5.74, 6) is -0.500. The summed E-state index contributed by atoms with van der Waals surface area (Å²) in [5, 5.41) is 10.5. The van der Waals surface area contributed by atoms with E-state index in [9.17, 15) is 18.0 Å². The minimum absolute atomic E-state index is 0.0141. The van der Waals surface area contributed by atoms with Crippen LogP contribution in [0.1, 0.15) is 21.9 Å². The molecule has 0 aliphatic rings. The molecule has 0 fully saturated rings. The van der Waals surface area contributed by atoms with Crippen molar-refractivity contribution in [2.75, 3.05) is 5.32 Å². The molecule has 11 heteroatoms. The summed E-state index contributed by atoms with van der Waals surface area (Å²) in [5.41, 5.74) is -0.425. The van der Waals surface area contributed by atoms with E-state index in [4.69, 9.17) is 4.42 Å². The molecule has 4 heterocycles. The lowest BCUT2D eigenvalue weighted by Gasteiger charge is -2.09. The molecule has 0 spiro atoms. The van der Waals surface area contributed by atoms with E-state index in [1.807, 2.05) is 0 Å². The lowest BCUT2D eigenvalue weighted by molar-refractivity contribution is -0.142. The SMILES string of the molecule is Cc1nn(C)cc1NC(=O)c1cc2nc(-c3ccco3)cc(C(F)(F)F)n2n1. The summed E-state index contributed by atoms with van der Waals surface area (Å²) >= 11 is 0. The van der Waals surface area contributed by atoms with E-state index in [-0.39, 0.29) is 22.8 Å². The molecule has 4 aromatic rings. The van der Waals surface area contributed by atoms with E-state index in [0.717, 1.165) is 6.07 Å². The largest absolute Gasteiger partial charge is 0.463 e. The van der Waals surface area contributed by atoms with E-state index in [1.54, 1.807) is 26.2 Å². The van der Waals surface area contributed by atoms with Crippen molar-refractivity contribution < 1.29 is 22.4 Å². The minimum Gasteiger partial charge on any atom is -0.463 e. The number of hydrogen-bond donors (Lipinski definition) is 1. The maximum absolute atomic E-state index is 13.5. The quantitative estimate of drug-likeness (QED) is 0.580. The average molecular weight is 390 g/mol. The molecule has 0 radical (unpaired) electrons. The van der Waals surface area contributed by atoms with Gasteiger partial charge in [-0.3, -0.25) is 9.48 Å². The molecule has 1 amide bonds. The van der Waals surface area contributed by atoms with Crippen LogP contribution in [-0.4, -0.2) is 30.3 Å². The Morgan fingerprint density at radius 1 is 1.25 bits per heavy atom. The molecule has 4 aromatic heterocycles. The molecule has 0 saturated carbocycles. The zero-order chi connectivity index (χ0) is 20.1. The number of halogens is 3. The van der Waals surface area contributed by atoms with Gasteiger partial charge in [-0.15, -0.1) is 0 Å². The van der Waals surface area contributed by atoms with Crippen LogP contribution in [0, 0.1) is 6.92 Å². The monoisotopic (exact) mass is 390 g/mol. The molecule has 0 bridgehead atoms. The van der Waals surface area contributed by atoms with Crippen LogP contribution in [0.5, 0.6) is 0 Å². The summed E-state index contributed by atoms with van der Waals surface area (Å²) in [6, 6.07) is 5.04. The molecule has 0 saturated heterocycles. The molecule has 0 atom stereocenters. The van der Waals surface area contributed by atoms with Crippen molar-refractivity contribution in [2.45, 2.75) is 13.1 Å². The topological polar surface area (TPSA) is 90.2 Å². The number of fused-ring (bicyclic) bond motifs is 1. The van der Waals surface area contributed by atoms with Crippen LogP contribution < -0.4 is 5.32 Å². The van der Waals surface area contributed by atoms with Gasteiger partial charge < -0.3 is 9.73 Å². The second-order valence-electron chi connectivity index (χ2n) is 6.06. The Hall–Kier alpha value is -3.63. The van der Waals surface area contributed by atoms with E-state index in [1.165, 1.54) is 23.1 Å². The van der Waals surface area contributed by atoms with Crippen molar-refractivity contribution in [1.29, 1.82) is 0 Å². The van der Waals surface area contributed by atoms with Gasteiger partial charge in [0.25, 0.3) is 5.91 Å². The van der Waals surface area contributed by atoms with Crippen LogP contribution in [0.2, 0.25) is 0 Å². The van der Waals surface area contributed by atoms with Crippen molar-refractivity contribution in [3.05, 3.63) is 53.8 Å². The van der Waals surface area contributed by atoms with Gasteiger partial charge in [0.05, 0.1) is 17.6 Å². The fourth-order valence-corrected chi connectivity index (χ4v) is 2.75. The Morgan fingerprint density at radius 3 is 2.64 bits per heavy atom. The maximum Gasteiger partial charge on any atom is 0.433 e. The second-order valence-corrected chi connectivity index (χ2v) is 6.06. The Labute approximate surface area is 155 Å². The number of rotatable bonds is 3. The number of nitrogens with zero attached hydrogens (tertiary/aromatic N) is 5. The smallest absolute Gasteiger partial charge is 0.433 e. The van der Waals surface area contributed by atoms with E-state index in [0.29, 0.717) is 15.9 Å². The van der Waals surface area contributed by atoms with Gasteiger partial charge in [-0.25, -0.2) is 9.50 Å². The van der Waals surface area contributed by atoms with Gasteiger partial charge in [0, 0.05) is 19.3 Å². The first-order chi connectivity index (χ1) is 13.2. The highest BCUT2D eigenvalue weighted by Gasteiger charge is 2.36. The normalized spacial score (nSPS) is 11.9. The van der Waals surface area contributed by atoms with Crippen LogP contribution in [0.25, 0.3) is 17.1 Å². The van der Waals surface area contributed by atoms with Crippen molar-refractivity contribution in [2.24, 2.45) is 7.05 Å². The average Bonchev–Trinajstić information content (AvgIpc) is 3.33.